The van der Waals surface area contributed by atoms with Gasteiger partial charge in [0.05, 0.1) is 5.69 Å². The van der Waals surface area contributed by atoms with Crippen molar-refractivity contribution in [3.63, 3.8) is 0 Å². The van der Waals surface area contributed by atoms with Crippen LogP contribution in [0.1, 0.15) is 21.7 Å². The molecule has 2 N–H and O–H groups in total. The van der Waals surface area contributed by atoms with Gasteiger partial charge in [0.1, 0.15) is 12.3 Å². The van der Waals surface area contributed by atoms with Crippen LogP contribution in [0.4, 0.5) is 5.69 Å². The van der Waals surface area contributed by atoms with E-state index in [0.29, 0.717) is 16.9 Å². The summed E-state index contributed by atoms with van der Waals surface area (Å²) in [5.74, 6) is 5.22. The number of nitrogens with one attached hydrogen (secondary N) is 1. The number of hydrogen-bond acceptors (Lipinski definition) is 2. The zero-order valence-corrected chi connectivity index (χ0v) is 11.5. The number of aryl methyl sites for hydroxylation is 1. The maximum Gasteiger partial charge on any atom is 0.272 e. The predicted octanol–water partition coefficient (Wildman–Crippen LogP) is 1.93. The Labute approximate surface area is 118 Å². The Morgan fingerprint density at radius 2 is 2.05 bits per heavy atom. The highest BCUT2D eigenvalue weighted by molar-refractivity contribution is 6.04. The molecule has 0 fully saturated rings. The van der Waals surface area contributed by atoms with Crippen molar-refractivity contribution in [1.29, 1.82) is 0 Å². The van der Waals surface area contributed by atoms with E-state index in [1.807, 2.05) is 36.7 Å². The third kappa shape index (κ3) is 2.90. The summed E-state index contributed by atoms with van der Waals surface area (Å²) >= 11 is 0. The summed E-state index contributed by atoms with van der Waals surface area (Å²) in [6, 6.07) is 10.9. The van der Waals surface area contributed by atoms with E-state index in [-0.39, 0.29) is 12.5 Å². The molecule has 0 atom stereocenters. The fourth-order valence-corrected chi connectivity index (χ4v) is 1.86. The molecule has 0 bridgehead atoms. The number of nitrogens with zero attached hydrogens (tertiary/aromatic N) is 1. The van der Waals surface area contributed by atoms with Crippen molar-refractivity contribution in [2.45, 2.75) is 6.92 Å². The van der Waals surface area contributed by atoms with Gasteiger partial charge in [-0.1, -0.05) is 24.0 Å². The number of aliphatic hydroxyl groups excluding tert-OH is 1. The van der Waals surface area contributed by atoms with Crippen LogP contribution in [-0.2, 0) is 7.05 Å². The lowest BCUT2D eigenvalue weighted by Gasteiger charge is -2.08. The number of benzene rings is 1. The summed E-state index contributed by atoms with van der Waals surface area (Å²) in [5.41, 5.74) is 2.93. The maximum atomic E-state index is 12.2. The van der Waals surface area contributed by atoms with Crippen LogP contribution in [0.3, 0.4) is 0 Å². The third-order valence-corrected chi connectivity index (χ3v) is 3.08. The van der Waals surface area contributed by atoms with Gasteiger partial charge in [0, 0.05) is 18.3 Å². The molecule has 1 aromatic carbocycles. The van der Waals surface area contributed by atoms with Gasteiger partial charge in [-0.3, -0.25) is 4.79 Å². The number of carbonyl (C=O) groups is 1. The van der Waals surface area contributed by atoms with E-state index in [1.54, 1.807) is 18.2 Å². The summed E-state index contributed by atoms with van der Waals surface area (Å²) in [7, 11) is 1.85. The van der Waals surface area contributed by atoms with Crippen LogP contribution in [0.25, 0.3) is 0 Å². The van der Waals surface area contributed by atoms with Gasteiger partial charge in [-0.05, 0) is 31.2 Å². The molecule has 0 aliphatic rings. The molecule has 20 heavy (non-hydrogen) atoms. The Morgan fingerprint density at radius 3 is 2.70 bits per heavy atom. The molecule has 0 saturated heterocycles. The summed E-state index contributed by atoms with van der Waals surface area (Å²) < 4.78 is 1.83. The zero-order valence-electron chi connectivity index (χ0n) is 11.5. The molecule has 0 aliphatic carbocycles. The van der Waals surface area contributed by atoms with Gasteiger partial charge in [0.25, 0.3) is 5.91 Å². The van der Waals surface area contributed by atoms with Gasteiger partial charge in [0.2, 0.25) is 0 Å². The first-order chi connectivity index (χ1) is 9.63. The number of para-hydroxylation sites is 1. The number of carbonyl (C=O) groups excluding carboxylic acids is 1. The van der Waals surface area contributed by atoms with E-state index in [2.05, 4.69) is 17.2 Å². The van der Waals surface area contributed by atoms with E-state index in [9.17, 15) is 4.79 Å². The molecule has 2 rings (SSSR count). The second-order valence-electron chi connectivity index (χ2n) is 4.38. The van der Waals surface area contributed by atoms with E-state index in [1.165, 1.54) is 0 Å². The number of rotatable bonds is 2. The van der Waals surface area contributed by atoms with Crippen molar-refractivity contribution < 1.29 is 9.90 Å². The van der Waals surface area contributed by atoms with E-state index in [4.69, 9.17) is 5.11 Å². The molecule has 1 heterocycles. The minimum absolute atomic E-state index is 0.182. The normalized spacial score (nSPS) is 9.75. The van der Waals surface area contributed by atoms with Crippen LogP contribution in [0.2, 0.25) is 0 Å². The Morgan fingerprint density at radius 1 is 1.30 bits per heavy atom. The largest absolute Gasteiger partial charge is 0.384 e. The quantitative estimate of drug-likeness (QED) is 0.818. The first-order valence-electron chi connectivity index (χ1n) is 6.26. The molecular weight excluding hydrogens is 252 g/mol. The Kier molecular flexibility index (Phi) is 4.24. The minimum Gasteiger partial charge on any atom is -0.384 e. The topological polar surface area (TPSA) is 54.3 Å². The van der Waals surface area contributed by atoms with Crippen LogP contribution in [-0.4, -0.2) is 22.2 Å². The standard InChI is InChI=1S/C16H16N2O2/c1-12-9-10-15(18(12)2)16(20)17-14-8-4-3-6-13(14)7-5-11-19/h3-4,6,8-10,19H,11H2,1-2H3,(H,17,20). The molecular formula is C16H16N2O2. The van der Waals surface area contributed by atoms with Crippen LogP contribution in [0, 0.1) is 18.8 Å². The lowest BCUT2D eigenvalue weighted by atomic mass is 10.2. The highest BCUT2D eigenvalue weighted by Crippen LogP contribution is 2.16. The van der Waals surface area contributed by atoms with E-state index < -0.39 is 0 Å². The first-order valence-corrected chi connectivity index (χ1v) is 6.26. The highest BCUT2D eigenvalue weighted by atomic mass is 16.2. The molecule has 0 aliphatic heterocycles. The first kappa shape index (κ1) is 13.9. The number of aliphatic hydroxyl groups is 1. The number of amides is 1. The average molecular weight is 268 g/mol. The average Bonchev–Trinajstić information content (AvgIpc) is 2.78. The summed E-state index contributed by atoms with van der Waals surface area (Å²) in [4.78, 5) is 12.2. The molecule has 1 aromatic heterocycles. The molecule has 2 aromatic rings. The summed E-state index contributed by atoms with van der Waals surface area (Å²) in [5, 5.41) is 11.6. The van der Waals surface area contributed by atoms with Gasteiger partial charge < -0.3 is 15.0 Å². The van der Waals surface area contributed by atoms with Crippen LogP contribution in [0.5, 0.6) is 0 Å². The van der Waals surface area contributed by atoms with E-state index in [0.717, 1.165) is 5.69 Å². The van der Waals surface area contributed by atoms with Gasteiger partial charge in [0.15, 0.2) is 0 Å². The smallest absolute Gasteiger partial charge is 0.272 e. The maximum absolute atomic E-state index is 12.2. The monoisotopic (exact) mass is 268 g/mol. The number of hydrogen-bond donors (Lipinski definition) is 2. The Balaban J connectivity index is 2.26. The van der Waals surface area contributed by atoms with Crippen LogP contribution < -0.4 is 5.32 Å². The van der Waals surface area contributed by atoms with Gasteiger partial charge in [-0.25, -0.2) is 0 Å². The molecule has 4 heteroatoms. The summed E-state index contributed by atoms with van der Waals surface area (Å²) in [6.45, 7) is 1.73. The van der Waals surface area contributed by atoms with Crippen LogP contribution >= 0.6 is 0 Å². The number of anilines is 1. The van der Waals surface area contributed by atoms with Crippen molar-refractivity contribution in [3.8, 4) is 11.8 Å². The molecule has 0 saturated carbocycles. The fourth-order valence-electron chi connectivity index (χ4n) is 1.86. The Bertz CT molecular complexity index is 690. The lowest BCUT2D eigenvalue weighted by Crippen LogP contribution is -2.16. The van der Waals surface area contributed by atoms with Crippen LogP contribution in [0.15, 0.2) is 36.4 Å². The fraction of sp³-hybridized carbons (Fsp3) is 0.188. The van der Waals surface area contributed by atoms with Crippen molar-refractivity contribution in [2.75, 3.05) is 11.9 Å². The second-order valence-corrected chi connectivity index (χ2v) is 4.38. The third-order valence-electron chi connectivity index (χ3n) is 3.08. The van der Waals surface area contributed by atoms with Crippen molar-refractivity contribution in [2.24, 2.45) is 7.05 Å². The molecule has 102 valence electrons. The molecule has 0 radical (unpaired) electrons. The Hall–Kier alpha value is -2.51. The second kappa shape index (κ2) is 6.09. The number of aromatic nitrogens is 1. The van der Waals surface area contributed by atoms with Gasteiger partial charge in [-0.15, -0.1) is 0 Å². The van der Waals surface area contributed by atoms with Crippen molar-refractivity contribution in [3.05, 3.63) is 53.3 Å². The van der Waals surface area contributed by atoms with Gasteiger partial charge >= 0.3 is 0 Å². The van der Waals surface area contributed by atoms with E-state index >= 15 is 0 Å². The molecule has 1 amide bonds. The molecule has 4 nitrogen and oxygen atoms in total. The van der Waals surface area contributed by atoms with Crippen molar-refractivity contribution >= 4 is 11.6 Å². The van der Waals surface area contributed by atoms with Crippen molar-refractivity contribution in [1.82, 2.24) is 4.57 Å². The highest BCUT2D eigenvalue weighted by Gasteiger charge is 2.12. The minimum atomic E-state index is -0.209. The zero-order chi connectivity index (χ0) is 14.5. The SMILES string of the molecule is Cc1ccc(C(=O)Nc2ccccc2C#CCO)n1C. The summed E-state index contributed by atoms with van der Waals surface area (Å²) in [6.07, 6.45) is 0. The predicted molar refractivity (Wildman–Crippen MR) is 78.5 cm³/mol. The lowest BCUT2D eigenvalue weighted by molar-refractivity contribution is 0.101. The molecule has 0 spiro atoms. The van der Waals surface area contributed by atoms with Gasteiger partial charge in [-0.2, -0.15) is 0 Å². The molecule has 0 unspecified atom stereocenters.